The van der Waals surface area contributed by atoms with Gasteiger partial charge in [0.2, 0.25) is 5.91 Å². The molecule has 0 unspecified atom stereocenters. The molecule has 2 aromatic carbocycles. The van der Waals surface area contributed by atoms with Crippen molar-refractivity contribution >= 4 is 16.8 Å². The maximum absolute atomic E-state index is 12.8. The second-order valence-corrected chi connectivity index (χ2v) is 7.53. The van der Waals surface area contributed by atoms with Crippen LogP contribution in [0.15, 0.2) is 59.4 Å². The van der Waals surface area contributed by atoms with Crippen LogP contribution in [-0.2, 0) is 17.8 Å². The fourth-order valence-electron chi connectivity index (χ4n) is 3.85. The van der Waals surface area contributed by atoms with E-state index in [1.807, 2.05) is 29.2 Å². The number of nitrogens with zero attached hydrogens (tertiary/aromatic N) is 4. The largest absolute Gasteiger partial charge is 0.339 e. The average molecular weight is 390 g/mol. The molecule has 0 atom stereocenters. The average Bonchev–Trinajstić information content (AvgIpc) is 2.76. The van der Waals surface area contributed by atoms with Crippen LogP contribution >= 0.6 is 0 Å². The minimum Gasteiger partial charge on any atom is -0.339 e. The number of amides is 1. The number of rotatable bonds is 5. The van der Waals surface area contributed by atoms with Crippen LogP contribution in [0, 0.1) is 6.92 Å². The number of piperazine rings is 1. The van der Waals surface area contributed by atoms with Crippen molar-refractivity contribution < 1.29 is 4.79 Å². The van der Waals surface area contributed by atoms with Gasteiger partial charge in [-0.05, 0) is 31.0 Å². The summed E-state index contributed by atoms with van der Waals surface area (Å²) in [6.45, 7) is 5.95. The highest BCUT2D eigenvalue weighted by Crippen LogP contribution is 2.09. The number of aromatic nitrogens is 2. The van der Waals surface area contributed by atoms with Crippen molar-refractivity contribution in [2.24, 2.45) is 0 Å². The van der Waals surface area contributed by atoms with Gasteiger partial charge in [0.05, 0.1) is 10.9 Å². The Kier molecular flexibility index (Phi) is 5.71. The Balaban J connectivity index is 1.36. The van der Waals surface area contributed by atoms with Crippen molar-refractivity contribution in [2.45, 2.75) is 19.9 Å². The molecule has 6 heteroatoms. The maximum atomic E-state index is 12.8. The van der Waals surface area contributed by atoms with Gasteiger partial charge in [0.15, 0.2) is 0 Å². The van der Waals surface area contributed by atoms with Crippen molar-refractivity contribution in [3.63, 3.8) is 0 Å². The lowest BCUT2D eigenvalue weighted by molar-refractivity contribution is -0.133. The van der Waals surface area contributed by atoms with Crippen LogP contribution in [0.25, 0.3) is 10.9 Å². The van der Waals surface area contributed by atoms with Gasteiger partial charge in [0.25, 0.3) is 5.56 Å². The SMILES string of the molecule is Cc1nc2ccccc2c(=O)n1CC(=O)N1CCN(CCc2ccccc2)CC1. The van der Waals surface area contributed by atoms with Gasteiger partial charge in [-0.3, -0.25) is 19.1 Å². The van der Waals surface area contributed by atoms with Gasteiger partial charge in [-0.15, -0.1) is 0 Å². The number of carbonyl (C=O) groups is 1. The second kappa shape index (κ2) is 8.57. The first-order valence-electron chi connectivity index (χ1n) is 10.1. The summed E-state index contributed by atoms with van der Waals surface area (Å²) >= 11 is 0. The first-order chi connectivity index (χ1) is 14.1. The molecule has 6 nitrogen and oxygen atoms in total. The molecule has 1 aliphatic rings. The van der Waals surface area contributed by atoms with Crippen LogP contribution in [-0.4, -0.2) is 58.0 Å². The zero-order valence-corrected chi connectivity index (χ0v) is 16.8. The molecule has 150 valence electrons. The molecule has 3 aromatic rings. The number of aryl methyl sites for hydroxylation is 1. The van der Waals surface area contributed by atoms with Crippen LogP contribution in [0.1, 0.15) is 11.4 Å². The minimum absolute atomic E-state index is 0.0185. The van der Waals surface area contributed by atoms with E-state index in [2.05, 4.69) is 34.1 Å². The van der Waals surface area contributed by atoms with E-state index in [1.165, 1.54) is 10.1 Å². The number of carbonyl (C=O) groups excluding carboxylic acids is 1. The Morgan fingerprint density at radius 2 is 1.66 bits per heavy atom. The van der Waals surface area contributed by atoms with Crippen LogP contribution in [0.2, 0.25) is 0 Å². The summed E-state index contributed by atoms with van der Waals surface area (Å²) in [4.78, 5) is 34.3. The fraction of sp³-hybridized carbons (Fsp3) is 0.348. The summed E-state index contributed by atoms with van der Waals surface area (Å²) in [6.07, 6.45) is 1.02. The molecule has 1 aliphatic heterocycles. The Labute approximate surface area is 170 Å². The van der Waals surface area contributed by atoms with Crippen molar-refractivity contribution in [1.82, 2.24) is 19.4 Å². The van der Waals surface area contributed by atoms with E-state index in [-0.39, 0.29) is 18.0 Å². The quantitative estimate of drug-likeness (QED) is 0.669. The molecule has 0 spiro atoms. The molecule has 1 fully saturated rings. The third kappa shape index (κ3) is 4.38. The Morgan fingerprint density at radius 1 is 0.966 bits per heavy atom. The Morgan fingerprint density at radius 3 is 2.41 bits per heavy atom. The monoisotopic (exact) mass is 390 g/mol. The van der Waals surface area contributed by atoms with E-state index < -0.39 is 0 Å². The van der Waals surface area contributed by atoms with Crippen LogP contribution in [0.5, 0.6) is 0 Å². The number of benzene rings is 2. The fourth-order valence-corrected chi connectivity index (χ4v) is 3.85. The van der Waals surface area contributed by atoms with E-state index in [1.54, 1.807) is 13.0 Å². The molecule has 1 amide bonds. The van der Waals surface area contributed by atoms with Crippen molar-refractivity contribution in [1.29, 1.82) is 0 Å². The van der Waals surface area contributed by atoms with Gasteiger partial charge in [0.1, 0.15) is 12.4 Å². The van der Waals surface area contributed by atoms with E-state index in [0.29, 0.717) is 29.8 Å². The summed E-state index contributed by atoms with van der Waals surface area (Å²) in [5, 5.41) is 0.552. The minimum atomic E-state index is -0.150. The molecule has 4 rings (SSSR count). The van der Waals surface area contributed by atoms with Gasteiger partial charge in [-0.1, -0.05) is 42.5 Å². The van der Waals surface area contributed by atoms with E-state index in [4.69, 9.17) is 0 Å². The molecule has 0 aliphatic carbocycles. The Bertz CT molecular complexity index is 1050. The number of hydrogen-bond donors (Lipinski definition) is 0. The third-order valence-electron chi connectivity index (χ3n) is 5.63. The van der Waals surface area contributed by atoms with Crippen LogP contribution in [0.4, 0.5) is 0 Å². The van der Waals surface area contributed by atoms with E-state index >= 15 is 0 Å². The third-order valence-corrected chi connectivity index (χ3v) is 5.63. The highest BCUT2D eigenvalue weighted by Gasteiger charge is 2.22. The number of hydrogen-bond acceptors (Lipinski definition) is 4. The molecule has 0 radical (unpaired) electrons. The lowest BCUT2D eigenvalue weighted by atomic mass is 10.1. The topological polar surface area (TPSA) is 58.4 Å². The highest BCUT2D eigenvalue weighted by atomic mass is 16.2. The van der Waals surface area contributed by atoms with Crippen molar-refractivity contribution in [3.8, 4) is 0 Å². The summed E-state index contributed by atoms with van der Waals surface area (Å²) in [5.41, 5.74) is 1.86. The van der Waals surface area contributed by atoms with Gasteiger partial charge < -0.3 is 4.90 Å². The molecule has 1 aromatic heterocycles. The molecular weight excluding hydrogens is 364 g/mol. The summed E-state index contributed by atoms with van der Waals surface area (Å²) in [5.74, 6) is 0.554. The molecule has 2 heterocycles. The zero-order valence-electron chi connectivity index (χ0n) is 16.8. The highest BCUT2D eigenvalue weighted by molar-refractivity contribution is 5.79. The molecule has 0 saturated carbocycles. The van der Waals surface area contributed by atoms with Gasteiger partial charge >= 0.3 is 0 Å². The summed E-state index contributed by atoms with van der Waals surface area (Å²) < 4.78 is 1.49. The van der Waals surface area contributed by atoms with Crippen LogP contribution in [0.3, 0.4) is 0 Å². The van der Waals surface area contributed by atoms with Crippen molar-refractivity contribution in [3.05, 3.63) is 76.3 Å². The van der Waals surface area contributed by atoms with Gasteiger partial charge in [-0.2, -0.15) is 0 Å². The second-order valence-electron chi connectivity index (χ2n) is 7.53. The van der Waals surface area contributed by atoms with E-state index in [0.717, 1.165) is 26.1 Å². The first kappa shape index (κ1) is 19.3. The van der Waals surface area contributed by atoms with E-state index in [9.17, 15) is 9.59 Å². The smallest absolute Gasteiger partial charge is 0.261 e. The molecular formula is C23H26N4O2. The standard InChI is InChI=1S/C23H26N4O2/c1-18-24-21-10-6-5-9-20(21)23(29)27(18)17-22(28)26-15-13-25(14-16-26)12-11-19-7-3-2-4-8-19/h2-10H,11-17H2,1H3. The molecule has 0 N–H and O–H groups in total. The molecule has 1 saturated heterocycles. The predicted octanol–water partition coefficient (Wildman–Crippen LogP) is 2.09. The number of para-hydroxylation sites is 1. The summed E-state index contributed by atoms with van der Waals surface area (Å²) in [6, 6.07) is 17.7. The first-order valence-corrected chi connectivity index (χ1v) is 10.1. The zero-order chi connectivity index (χ0) is 20.2. The lowest BCUT2D eigenvalue weighted by Crippen LogP contribution is -2.50. The number of fused-ring (bicyclic) bond motifs is 1. The van der Waals surface area contributed by atoms with Gasteiger partial charge in [-0.25, -0.2) is 4.98 Å². The molecule has 0 bridgehead atoms. The van der Waals surface area contributed by atoms with Crippen molar-refractivity contribution in [2.75, 3.05) is 32.7 Å². The van der Waals surface area contributed by atoms with Crippen LogP contribution < -0.4 is 5.56 Å². The Hall–Kier alpha value is -2.99. The van der Waals surface area contributed by atoms with Gasteiger partial charge in [0, 0.05) is 32.7 Å². The predicted molar refractivity (Wildman–Crippen MR) is 114 cm³/mol. The lowest BCUT2D eigenvalue weighted by Gasteiger charge is -2.35. The molecule has 29 heavy (non-hydrogen) atoms. The normalized spacial score (nSPS) is 15.0. The summed E-state index contributed by atoms with van der Waals surface area (Å²) in [7, 11) is 0. The maximum Gasteiger partial charge on any atom is 0.261 e.